The van der Waals surface area contributed by atoms with Crippen molar-refractivity contribution < 1.29 is 0 Å². The number of allylic oxidation sites excluding steroid dienone is 5. The van der Waals surface area contributed by atoms with Gasteiger partial charge in [-0.2, -0.15) is 0 Å². The lowest BCUT2D eigenvalue weighted by molar-refractivity contribution is 1.21. The summed E-state index contributed by atoms with van der Waals surface area (Å²) in [6, 6.07) is 33.0. The predicted octanol–water partition coefficient (Wildman–Crippen LogP) is 7.76. The summed E-state index contributed by atoms with van der Waals surface area (Å²) >= 11 is 0. The Hall–Kier alpha value is -2.77. The van der Waals surface area contributed by atoms with E-state index in [1.165, 1.54) is 25.2 Å². The fourth-order valence-corrected chi connectivity index (χ4v) is 7.64. The average Bonchev–Trinajstić information content (AvgIpc) is 2.96. The third-order valence-corrected chi connectivity index (χ3v) is 8.77. The van der Waals surface area contributed by atoms with Crippen molar-refractivity contribution in [2.45, 2.75) is 28.0 Å². The maximum absolute atomic E-state index is 2.41. The Kier molecular flexibility index (Phi) is 5.13. The second kappa shape index (κ2) is 7.85. The molecule has 1 aliphatic carbocycles. The van der Waals surface area contributed by atoms with Crippen LogP contribution in [-0.2, 0) is 0 Å². The quantitative estimate of drug-likeness (QED) is 0.441. The Balaban J connectivity index is 2.12. The van der Waals surface area contributed by atoms with Crippen LogP contribution in [0, 0.1) is 0 Å². The van der Waals surface area contributed by atoms with Gasteiger partial charge in [0.15, 0.2) is 0 Å². The molecule has 1 heteroatoms. The van der Waals surface area contributed by atoms with Gasteiger partial charge in [0.1, 0.15) is 0 Å². The van der Waals surface area contributed by atoms with Crippen molar-refractivity contribution in [1.82, 2.24) is 0 Å². The first-order chi connectivity index (χ1) is 13.3. The van der Waals surface area contributed by atoms with Gasteiger partial charge in [0.05, 0.1) is 0 Å². The summed E-state index contributed by atoms with van der Waals surface area (Å²) in [6.45, 7) is 2.23. The third-order valence-electron chi connectivity index (χ3n) is 4.87. The van der Waals surface area contributed by atoms with E-state index < -0.39 is 10.0 Å². The Morgan fingerprint density at radius 2 is 1.07 bits per heavy atom. The number of rotatable bonds is 4. The lowest BCUT2D eigenvalue weighted by atomic mass is 10.2. The topological polar surface area (TPSA) is 0 Å². The fraction of sp³-hybridized carbons (Fsp3) is 0.0769. The normalized spacial score (nSPS) is 14.9. The molecule has 0 radical (unpaired) electrons. The molecule has 0 saturated heterocycles. The highest BCUT2D eigenvalue weighted by Gasteiger charge is 2.33. The molecule has 0 nitrogen and oxygen atoms in total. The van der Waals surface area contributed by atoms with Crippen molar-refractivity contribution in [2.75, 3.05) is 0 Å². The molecule has 0 atom stereocenters. The molecule has 0 amide bonds. The van der Waals surface area contributed by atoms with Gasteiger partial charge in [-0.05, 0) is 61.9 Å². The molecule has 3 aromatic carbocycles. The first-order valence-corrected chi connectivity index (χ1v) is 11.0. The van der Waals surface area contributed by atoms with Gasteiger partial charge in [-0.15, -0.1) is 10.0 Å². The van der Waals surface area contributed by atoms with Crippen molar-refractivity contribution in [2.24, 2.45) is 0 Å². The highest BCUT2D eigenvalue weighted by molar-refractivity contribution is 8.37. The van der Waals surface area contributed by atoms with E-state index in [1.807, 2.05) is 0 Å². The van der Waals surface area contributed by atoms with Gasteiger partial charge < -0.3 is 0 Å². The van der Waals surface area contributed by atoms with Crippen molar-refractivity contribution in [3.8, 4) is 0 Å². The number of hydrogen-bond donors (Lipinski definition) is 0. The summed E-state index contributed by atoms with van der Waals surface area (Å²) in [5, 5.41) is 0. The van der Waals surface area contributed by atoms with Crippen LogP contribution < -0.4 is 0 Å². The van der Waals surface area contributed by atoms with E-state index in [0.717, 1.165) is 6.42 Å². The van der Waals surface area contributed by atoms with Crippen molar-refractivity contribution >= 4 is 10.0 Å². The van der Waals surface area contributed by atoms with Crippen LogP contribution in [0.15, 0.2) is 140 Å². The Labute approximate surface area is 163 Å². The SMILES string of the molecule is CC1=CC(S(c2ccccc2)(c2ccccc2)c2ccccc2)=CC=CC1. The molecule has 0 bridgehead atoms. The molecule has 4 rings (SSSR count). The standard InChI is InChI=1S/C26H24S/c1-22-13-11-12-20-26(21-22)27(23-14-5-2-6-15-23,24-16-7-3-8-17-24)25-18-9-4-10-19-25/h2-12,14-21H,13H2,1H3. The van der Waals surface area contributed by atoms with Gasteiger partial charge in [-0.25, -0.2) is 0 Å². The zero-order chi connectivity index (χ0) is 18.5. The molecule has 0 unspecified atom stereocenters. The minimum absolute atomic E-state index is 1.01. The molecule has 0 fully saturated rings. The average molecular weight is 369 g/mol. The van der Waals surface area contributed by atoms with E-state index in [4.69, 9.17) is 0 Å². The molecular formula is C26H24S. The molecule has 0 N–H and O–H groups in total. The lowest BCUT2D eigenvalue weighted by Gasteiger charge is -2.43. The van der Waals surface area contributed by atoms with E-state index in [2.05, 4.69) is 122 Å². The van der Waals surface area contributed by atoms with Crippen molar-refractivity contribution in [3.05, 3.63) is 126 Å². The van der Waals surface area contributed by atoms with Gasteiger partial charge in [0, 0.05) is 19.6 Å². The minimum atomic E-state index is -1.56. The van der Waals surface area contributed by atoms with Gasteiger partial charge in [-0.1, -0.05) is 72.3 Å². The smallest absolute Gasteiger partial charge is 0.00229 e. The summed E-state index contributed by atoms with van der Waals surface area (Å²) in [7, 11) is -1.56. The molecule has 0 heterocycles. The molecule has 3 aromatic rings. The summed E-state index contributed by atoms with van der Waals surface area (Å²) in [5.41, 5.74) is 1.40. The lowest BCUT2D eigenvalue weighted by Crippen LogP contribution is -2.06. The minimum Gasteiger partial charge on any atom is -0.133 e. The van der Waals surface area contributed by atoms with E-state index in [1.54, 1.807) is 0 Å². The highest BCUT2D eigenvalue weighted by atomic mass is 32.3. The second-order valence-electron chi connectivity index (χ2n) is 6.74. The van der Waals surface area contributed by atoms with E-state index in [-0.39, 0.29) is 0 Å². The second-order valence-corrected chi connectivity index (χ2v) is 9.85. The van der Waals surface area contributed by atoms with E-state index in [0.29, 0.717) is 0 Å². The highest BCUT2D eigenvalue weighted by Crippen LogP contribution is 2.73. The van der Waals surface area contributed by atoms with E-state index in [9.17, 15) is 0 Å². The fourth-order valence-electron chi connectivity index (χ4n) is 3.65. The summed E-state index contributed by atoms with van der Waals surface area (Å²) in [6.07, 6.45) is 10.2. The molecule has 134 valence electrons. The van der Waals surface area contributed by atoms with Crippen LogP contribution in [0.2, 0.25) is 0 Å². The molecular weight excluding hydrogens is 344 g/mol. The molecule has 0 aromatic heterocycles. The van der Waals surface area contributed by atoms with Crippen LogP contribution in [0.4, 0.5) is 0 Å². The first kappa shape index (κ1) is 17.6. The summed E-state index contributed by atoms with van der Waals surface area (Å²) in [5.74, 6) is 0. The van der Waals surface area contributed by atoms with Gasteiger partial charge in [-0.3, -0.25) is 0 Å². The van der Waals surface area contributed by atoms with Crippen LogP contribution in [0.1, 0.15) is 13.3 Å². The zero-order valence-corrected chi connectivity index (χ0v) is 16.4. The van der Waals surface area contributed by atoms with Crippen LogP contribution in [-0.4, -0.2) is 0 Å². The van der Waals surface area contributed by atoms with Crippen LogP contribution >= 0.6 is 10.0 Å². The van der Waals surface area contributed by atoms with E-state index >= 15 is 0 Å². The predicted molar refractivity (Wildman–Crippen MR) is 117 cm³/mol. The monoisotopic (exact) mass is 368 g/mol. The van der Waals surface area contributed by atoms with Crippen LogP contribution in [0.3, 0.4) is 0 Å². The van der Waals surface area contributed by atoms with Gasteiger partial charge in [0.2, 0.25) is 0 Å². The Morgan fingerprint density at radius 1 is 0.630 bits per heavy atom. The third kappa shape index (κ3) is 3.31. The molecule has 27 heavy (non-hydrogen) atoms. The van der Waals surface area contributed by atoms with Gasteiger partial charge in [0.25, 0.3) is 0 Å². The summed E-state index contributed by atoms with van der Waals surface area (Å²) < 4.78 is 0. The number of benzene rings is 3. The van der Waals surface area contributed by atoms with Crippen LogP contribution in [0.5, 0.6) is 0 Å². The van der Waals surface area contributed by atoms with Crippen molar-refractivity contribution in [3.63, 3.8) is 0 Å². The molecule has 0 saturated carbocycles. The largest absolute Gasteiger partial charge is 0.133 e. The molecule has 0 spiro atoms. The number of hydrogen-bond acceptors (Lipinski definition) is 0. The molecule has 1 aliphatic rings. The van der Waals surface area contributed by atoms with Crippen molar-refractivity contribution in [1.29, 1.82) is 0 Å². The first-order valence-electron chi connectivity index (χ1n) is 9.34. The summed E-state index contributed by atoms with van der Waals surface area (Å²) in [4.78, 5) is 5.49. The van der Waals surface area contributed by atoms with Crippen LogP contribution in [0.25, 0.3) is 0 Å². The Bertz CT molecular complexity index is 883. The van der Waals surface area contributed by atoms with Gasteiger partial charge >= 0.3 is 0 Å². The maximum atomic E-state index is 2.41. The zero-order valence-electron chi connectivity index (χ0n) is 15.6. The molecule has 0 aliphatic heterocycles. The Morgan fingerprint density at radius 3 is 1.52 bits per heavy atom. The maximum Gasteiger partial charge on any atom is 0.00229 e.